The number of aromatic nitrogens is 1. The van der Waals surface area contributed by atoms with E-state index in [1.165, 1.54) is 6.07 Å². The third-order valence-corrected chi connectivity index (χ3v) is 3.63. The molecule has 3 rings (SSSR count). The van der Waals surface area contributed by atoms with Gasteiger partial charge < -0.3 is 4.57 Å². The van der Waals surface area contributed by atoms with Crippen molar-refractivity contribution in [2.75, 3.05) is 0 Å². The number of halogens is 1. The van der Waals surface area contributed by atoms with Gasteiger partial charge in [-0.3, -0.25) is 10.1 Å². The van der Waals surface area contributed by atoms with Crippen LogP contribution in [0, 0.1) is 10.1 Å². The molecule has 0 fully saturated rings. The fraction of sp³-hybridized carbons (Fsp3) is 0.0667. The van der Waals surface area contributed by atoms with Crippen LogP contribution in [0.25, 0.3) is 22.2 Å². The van der Waals surface area contributed by atoms with Crippen LogP contribution in [0.3, 0.4) is 0 Å². The number of hydrogen-bond donors (Lipinski definition) is 0. The van der Waals surface area contributed by atoms with Crippen molar-refractivity contribution in [3.05, 3.63) is 63.7 Å². The highest BCUT2D eigenvalue weighted by Crippen LogP contribution is 2.30. The van der Waals surface area contributed by atoms with Crippen LogP contribution in [0.4, 0.5) is 5.69 Å². The van der Waals surface area contributed by atoms with E-state index < -0.39 is 0 Å². The van der Waals surface area contributed by atoms with Crippen molar-refractivity contribution < 1.29 is 4.92 Å². The van der Waals surface area contributed by atoms with Gasteiger partial charge in [0.25, 0.3) is 5.69 Å². The van der Waals surface area contributed by atoms with Crippen LogP contribution in [0.1, 0.15) is 0 Å². The highest BCUT2D eigenvalue weighted by Gasteiger charge is 2.12. The Balaban J connectivity index is 2.19. The predicted octanol–water partition coefficient (Wildman–Crippen LogP) is 4.41. The first kappa shape index (κ1) is 12.7. The molecule has 100 valence electrons. The molecule has 0 saturated heterocycles. The number of fused-ring (bicyclic) bond motifs is 1. The molecule has 2 aromatic carbocycles. The van der Waals surface area contributed by atoms with Crippen LogP contribution in [0.2, 0.25) is 5.02 Å². The molecule has 20 heavy (non-hydrogen) atoms. The fourth-order valence-electron chi connectivity index (χ4n) is 2.35. The van der Waals surface area contributed by atoms with Crippen molar-refractivity contribution >= 4 is 28.2 Å². The zero-order chi connectivity index (χ0) is 14.3. The van der Waals surface area contributed by atoms with Gasteiger partial charge >= 0.3 is 0 Å². The summed E-state index contributed by atoms with van der Waals surface area (Å²) in [6, 6.07) is 14.4. The second-order valence-corrected chi connectivity index (χ2v) is 5.03. The molecule has 0 bridgehead atoms. The van der Waals surface area contributed by atoms with Crippen LogP contribution in [0.5, 0.6) is 0 Å². The smallest absolute Gasteiger partial charge is 0.270 e. The van der Waals surface area contributed by atoms with Crippen molar-refractivity contribution in [2.45, 2.75) is 0 Å². The lowest BCUT2D eigenvalue weighted by Gasteiger charge is -2.04. The summed E-state index contributed by atoms with van der Waals surface area (Å²) in [5.74, 6) is 0. The molecule has 0 radical (unpaired) electrons. The van der Waals surface area contributed by atoms with Crippen molar-refractivity contribution in [1.29, 1.82) is 0 Å². The molecule has 0 amide bonds. The highest BCUT2D eigenvalue weighted by atomic mass is 35.5. The molecule has 1 aromatic heterocycles. The molecule has 0 aliphatic rings. The molecule has 0 unspecified atom stereocenters. The molecule has 3 aromatic rings. The van der Waals surface area contributed by atoms with E-state index in [0.717, 1.165) is 22.2 Å². The van der Waals surface area contributed by atoms with Crippen LogP contribution in [0.15, 0.2) is 48.5 Å². The minimum atomic E-state index is -0.381. The van der Waals surface area contributed by atoms with Crippen molar-refractivity contribution in [3.8, 4) is 11.3 Å². The standard InChI is InChI=1S/C15H11ClN2O2/c1-17-14-7-6-13(18(19)20)8-11(14)9-15(17)10-2-4-12(16)5-3-10/h2-9H,1H3. The minimum Gasteiger partial charge on any atom is -0.344 e. The van der Waals surface area contributed by atoms with Crippen LogP contribution >= 0.6 is 11.6 Å². The second kappa shape index (κ2) is 4.65. The molecular formula is C15H11ClN2O2. The first-order chi connectivity index (χ1) is 9.56. The number of nitro groups is 1. The maximum atomic E-state index is 10.8. The van der Waals surface area contributed by atoms with Crippen molar-refractivity contribution in [1.82, 2.24) is 4.57 Å². The summed E-state index contributed by atoms with van der Waals surface area (Å²) in [4.78, 5) is 10.4. The van der Waals surface area contributed by atoms with E-state index in [0.29, 0.717) is 5.02 Å². The Labute approximate surface area is 120 Å². The molecule has 0 atom stereocenters. The zero-order valence-corrected chi connectivity index (χ0v) is 11.5. The molecule has 1 heterocycles. The molecule has 0 aliphatic heterocycles. The van der Waals surface area contributed by atoms with Gasteiger partial charge in [0, 0.05) is 40.8 Å². The maximum Gasteiger partial charge on any atom is 0.270 e. The number of hydrogen-bond acceptors (Lipinski definition) is 2. The predicted molar refractivity (Wildman–Crippen MR) is 80.0 cm³/mol. The summed E-state index contributed by atoms with van der Waals surface area (Å²) in [5.41, 5.74) is 3.08. The summed E-state index contributed by atoms with van der Waals surface area (Å²) in [6.45, 7) is 0. The Morgan fingerprint density at radius 3 is 2.45 bits per heavy atom. The lowest BCUT2D eigenvalue weighted by Crippen LogP contribution is -1.91. The first-order valence-corrected chi connectivity index (χ1v) is 6.44. The average Bonchev–Trinajstić information content (AvgIpc) is 2.76. The lowest BCUT2D eigenvalue weighted by atomic mass is 10.1. The van der Waals surface area contributed by atoms with E-state index >= 15 is 0 Å². The molecule has 0 spiro atoms. The number of nitrogens with zero attached hydrogens (tertiary/aromatic N) is 2. The summed E-state index contributed by atoms with van der Waals surface area (Å²) in [5, 5.41) is 12.4. The van der Waals surface area contributed by atoms with E-state index in [-0.39, 0.29) is 10.6 Å². The van der Waals surface area contributed by atoms with E-state index in [4.69, 9.17) is 11.6 Å². The number of rotatable bonds is 2. The second-order valence-electron chi connectivity index (χ2n) is 4.60. The largest absolute Gasteiger partial charge is 0.344 e. The van der Waals surface area contributed by atoms with Gasteiger partial charge in [0.15, 0.2) is 0 Å². The van der Waals surface area contributed by atoms with Gasteiger partial charge in [-0.25, -0.2) is 0 Å². The van der Waals surface area contributed by atoms with Crippen LogP contribution in [-0.2, 0) is 7.05 Å². The molecule has 0 aliphatic carbocycles. The summed E-state index contributed by atoms with van der Waals surface area (Å²) in [7, 11) is 1.94. The van der Waals surface area contributed by atoms with E-state index in [1.807, 2.05) is 41.9 Å². The Morgan fingerprint density at radius 1 is 1.10 bits per heavy atom. The third-order valence-electron chi connectivity index (χ3n) is 3.38. The van der Waals surface area contributed by atoms with Gasteiger partial charge in [-0.2, -0.15) is 0 Å². The molecule has 0 saturated carbocycles. The SMILES string of the molecule is Cn1c(-c2ccc(Cl)cc2)cc2cc([N+](=O)[O-])ccc21. The quantitative estimate of drug-likeness (QED) is 0.517. The first-order valence-electron chi connectivity index (χ1n) is 6.06. The Morgan fingerprint density at radius 2 is 1.80 bits per heavy atom. The van der Waals surface area contributed by atoms with E-state index in [9.17, 15) is 10.1 Å². The van der Waals surface area contributed by atoms with Crippen molar-refractivity contribution in [2.24, 2.45) is 7.05 Å². The fourth-order valence-corrected chi connectivity index (χ4v) is 2.47. The zero-order valence-electron chi connectivity index (χ0n) is 10.7. The molecular weight excluding hydrogens is 276 g/mol. The highest BCUT2D eigenvalue weighted by molar-refractivity contribution is 6.30. The van der Waals surface area contributed by atoms with Gasteiger partial charge in [0.2, 0.25) is 0 Å². The summed E-state index contributed by atoms with van der Waals surface area (Å²) in [6.07, 6.45) is 0. The van der Waals surface area contributed by atoms with Gasteiger partial charge in [0.1, 0.15) is 0 Å². The van der Waals surface area contributed by atoms with Crippen LogP contribution < -0.4 is 0 Å². The molecule has 5 heteroatoms. The van der Waals surface area contributed by atoms with Gasteiger partial charge in [-0.15, -0.1) is 0 Å². The van der Waals surface area contributed by atoms with Crippen molar-refractivity contribution in [3.63, 3.8) is 0 Å². The Hall–Kier alpha value is -2.33. The van der Waals surface area contributed by atoms with Gasteiger partial charge in [-0.1, -0.05) is 23.7 Å². The normalized spacial score (nSPS) is 10.9. The van der Waals surface area contributed by atoms with Gasteiger partial charge in [0.05, 0.1) is 4.92 Å². The van der Waals surface area contributed by atoms with E-state index in [1.54, 1.807) is 12.1 Å². The molecule has 4 nitrogen and oxygen atoms in total. The summed E-state index contributed by atoms with van der Waals surface area (Å²) >= 11 is 5.89. The summed E-state index contributed by atoms with van der Waals surface area (Å²) < 4.78 is 2.02. The Kier molecular flexibility index (Phi) is 2.95. The number of nitro benzene ring substituents is 1. The minimum absolute atomic E-state index is 0.103. The average molecular weight is 287 g/mol. The monoisotopic (exact) mass is 286 g/mol. The lowest BCUT2D eigenvalue weighted by molar-refractivity contribution is -0.384. The number of aryl methyl sites for hydroxylation is 1. The number of non-ortho nitro benzene ring substituents is 1. The number of benzene rings is 2. The molecule has 0 N–H and O–H groups in total. The topological polar surface area (TPSA) is 48.1 Å². The van der Waals surface area contributed by atoms with Gasteiger partial charge in [-0.05, 0) is 29.8 Å². The van der Waals surface area contributed by atoms with E-state index in [2.05, 4.69) is 0 Å². The van der Waals surface area contributed by atoms with Crippen LogP contribution in [-0.4, -0.2) is 9.49 Å². The maximum absolute atomic E-state index is 10.8. The third kappa shape index (κ3) is 2.04. The Bertz CT molecular complexity index is 807.